The first-order valence-corrected chi connectivity index (χ1v) is 7.32. The van der Waals surface area contributed by atoms with Gasteiger partial charge in [0.15, 0.2) is 5.82 Å². The van der Waals surface area contributed by atoms with E-state index in [9.17, 15) is 4.79 Å². The van der Waals surface area contributed by atoms with Crippen molar-refractivity contribution in [1.29, 1.82) is 0 Å². The van der Waals surface area contributed by atoms with Gasteiger partial charge in [-0.05, 0) is 12.8 Å². The van der Waals surface area contributed by atoms with Gasteiger partial charge in [-0.3, -0.25) is 4.79 Å². The number of ether oxygens (including phenoxy) is 2. The molecular formula is C14H23N3O4. The molecule has 1 atom stereocenters. The number of rotatable bonds is 7. The minimum Gasteiger partial charge on any atom is -0.376 e. The summed E-state index contributed by atoms with van der Waals surface area (Å²) in [5.74, 6) is 1.17. The molecule has 7 heteroatoms. The highest BCUT2D eigenvalue weighted by Crippen LogP contribution is 2.13. The van der Waals surface area contributed by atoms with Crippen LogP contribution in [0.4, 0.5) is 0 Å². The Kier molecular flexibility index (Phi) is 5.69. The molecule has 2 rings (SSSR count). The fraction of sp³-hybridized carbons (Fsp3) is 0.786. The van der Waals surface area contributed by atoms with Crippen LogP contribution in [0.1, 0.15) is 44.3 Å². The summed E-state index contributed by atoms with van der Waals surface area (Å²) in [7, 11) is 1.70. The van der Waals surface area contributed by atoms with Gasteiger partial charge in [-0.15, -0.1) is 0 Å². The average Bonchev–Trinajstić information content (AvgIpc) is 3.09. The third kappa shape index (κ3) is 4.78. The molecule has 1 aromatic rings. The van der Waals surface area contributed by atoms with E-state index in [1.165, 1.54) is 4.90 Å². The highest BCUT2D eigenvalue weighted by Gasteiger charge is 2.18. The third-order valence-corrected chi connectivity index (χ3v) is 3.34. The lowest BCUT2D eigenvalue weighted by Crippen LogP contribution is -2.31. The monoisotopic (exact) mass is 297 g/mol. The summed E-state index contributed by atoms with van der Waals surface area (Å²) in [6.07, 6.45) is 2.21. The Morgan fingerprint density at radius 2 is 2.33 bits per heavy atom. The summed E-state index contributed by atoms with van der Waals surface area (Å²) in [5, 5.41) is 3.86. The summed E-state index contributed by atoms with van der Waals surface area (Å²) in [5.41, 5.74) is 0. The number of likely N-dealkylation sites (N-methyl/N-ethyl adjacent to an activating group) is 1. The predicted octanol–water partition coefficient (Wildman–Crippen LogP) is 1.35. The third-order valence-electron chi connectivity index (χ3n) is 3.34. The maximum Gasteiger partial charge on any atom is 0.248 e. The van der Waals surface area contributed by atoms with Crippen LogP contribution in [0.25, 0.3) is 0 Å². The SMILES string of the molecule is CC(C)c1nc(CN(C)C(=O)COC[C@@H]2CCCO2)no1. The normalized spacial score (nSPS) is 18.4. The minimum absolute atomic E-state index is 0.0469. The fourth-order valence-electron chi connectivity index (χ4n) is 2.03. The second-order valence-electron chi connectivity index (χ2n) is 5.60. The van der Waals surface area contributed by atoms with Gasteiger partial charge in [-0.25, -0.2) is 0 Å². The highest BCUT2D eigenvalue weighted by molar-refractivity contribution is 5.77. The number of carbonyl (C=O) groups excluding carboxylic acids is 1. The van der Waals surface area contributed by atoms with Crippen molar-refractivity contribution < 1.29 is 18.8 Å². The zero-order valence-electron chi connectivity index (χ0n) is 12.9. The van der Waals surface area contributed by atoms with Crippen molar-refractivity contribution in [2.75, 3.05) is 26.9 Å². The van der Waals surface area contributed by atoms with E-state index >= 15 is 0 Å². The van der Waals surface area contributed by atoms with Gasteiger partial charge in [0.05, 0.1) is 19.3 Å². The molecule has 118 valence electrons. The summed E-state index contributed by atoms with van der Waals surface area (Å²) in [6.45, 7) is 5.58. The number of nitrogens with zero attached hydrogens (tertiary/aromatic N) is 3. The Morgan fingerprint density at radius 3 is 2.95 bits per heavy atom. The van der Waals surface area contributed by atoms with Crippen molar-refractivity contribution in [2.45, 2.75) is 45.3 Å². The van der Waals surface area contributed by atoms with Crippen molar-refractivity contribution in [1.82, 2.24) is 15.0 Å². The van der Waals surface area contributed by atoms with Gasteiger partial charge in [0.2, 0.25) is 11.8 Å². The molecular weight excluding hydrogens is 274 g/mol. The summed E-state index contributed by atoms with van der Waals surface area (Å²) in [6, 6.07) is 0. The molecule has 21 heavy (non-hydrogen) atoms. The Balaban J connectivity index is 1.70. The smallest absolute Gasteiger partial charge is 0.248 e. The molecule has 2 heterocycles. The number of carbonyl (C=O) groups is 1. The van der Waals surface area contributed by atoms with E-state index in [2.05, 4.69) is 10.1 Å². The molecule has 0 N–H and O–H groups in total. The Bertz CT molecular complexity index is 455. The first-order valence-electron chi connectivity index (χ1n) is 7.32. The number of aromatic nitrogens is 2. The van der Waals surface area contributed by atoms with E-state index in [4.69, 9.17) is 14.0 Å². The lowest BCUT2D eigenvalue weighted by molar-refractivity contribution is -0.136. The topological polar surface area (TPSA) is 77.7 Å². The maximum atomic E-state index is 11.9. The Hall–Kier alpha value is -1.47. The molecule has 1 aliphatic rings. The molecule has 7 nitrogen and oxygen atoms in total. The van der Waals surface area contributed by atoms with Crippen LogP contribution in [0.15, 0.2) is 4.52 Å². The van der Waals surface area contributed by atoms with Crippen LogP contribution in [0.3, 0.4) is 0 Å². The minimum atomic E-state index is -0.108. The summed E-state index contributed by atoms with van der Waals surface area (Å²) in [4.78, 5) is 17.7. The van der Waals surface area contributed by atoms with Gasteiger partial charge in [-0.1, -0.05) is 19.0 Å². The maximum absolute atomic E-state index is 11.9. The lowest BCUT2D eigenvalue weighted by atomic mass is 10.2. The van der Waals surface area contributed by atoms with Crippen LogP contribution in [-0.4, -0.2) is 53.9 Å². The molecule has 0 aromatic carbocycles. The fourth-order valence-corrected chi connectivity index (χ4v) is 2.03. The quantitative estimate of drug-likeness (QED) is 0.756. The Labute approximate surface area is 124 Å². The first-order chi connectivity index (χ1) is 10.1. The standard InChI is InChI=1S/C14H23N3O4/c1-10(2)14-15-12(16-21-14)7-17(3)13(18)9-19-8-11-5-4-6-20-11/h10-11H,4-9H2,1-3H3/t11-/m0/s1. The van der Waals surface area contributed by atoms with Crippen LogP contribution >= 0.6 is 0 Å². The van der Waals surface area contributed by atoms with E-state index in [-0.39, 0.29) is 24.5 Å². The Morgan fingerprint density at radius 1 is 1.52 bits per heavy atom. The van der Waals surface area contributed by atoms with Crippen LogP contribution in [0.5, 0.6) is 0 Å². The van der Waals surface area contributed by atoms with Crippen molar-refractivity contribution in [2.24, 2.45) is 0 Å². The van der Waals surface area contributed by atoms with Gasteiger partial charge in [-0.2, -0.15) is 4.98 Å². The largest absolute Gasteiger partial charge is 0.376 e. The molecule has 0 radical (unpaired) electrons. The molecule has 1 aromatic heterocycles. The number of amides is 1. The summed E-state index contributed by atoms with van der Waals surface area (Å²) >= 11 is 0. The van der Waals surface area contributed by atoms with Crippen molar-refractivity contribution in [3.8, 4) is 0 Å². The lowest BCUT2D eigenvalue weighted by Gasteiger charge is -2.16. The van der Waals surface area contributed by atoms with E-state index in [1.807, 2.05) is 13.8 Å². The van der Waals surface area contributed by atoms with Crippen LogP contribution in [0, 0.1) is 0 Å². The van der Waals surface area contributed by atoms with E-state index in [0.29, 0.717) is 24.9 Å². The van der Waals surface area contributed by atoms with Gasteiger partial charge < -0.3 is 18.9 Å². The molecule has 0 unspecified atom stereocenters. The van der Waals surface area contributed by atoms with E-state index in [1.54, 1.807) is 7.05 Å². The van der Waals surface area contributed by atoms with Crippen molar-refractivity contribution >= 4 is 5.91 Å². The second kappa shape index (κ2) is 7.51. The number of hydrogen-bond donors (Lipinski definition) is 0. The van der Waals surface area contributed by atoms with Crippen molar-refractivity contribution in [3.63, 3.8) is 0 Å². The van der Waals surface area contributed by atoms with Gasteiger partial charge in [0.1, 0.15) is 6.61 Å². The van der Waals surface area contributed by atoms with Gasteiger partial charge >= 0.3 is 0 Å². The van der Waals surface area contributed by atoms with Crippen LogP contribution < -0.4 is 0 Å². The molecule has 0 bridgehead atoms. The van der Waals surface area contributed by atoms with E-state index < -0.39 is 0 Å². The molecule has 1 amide bonds. The van der Waals surface area contributed by atoms with Crippen LogP contribution in [-0.2, 0) is 20.8 Å². The zero-order valence-corrected chi connectivity index (χ0v) is 12.9. The average molecular weight is 297 g/mol. The van der Waals surface area contributed by atoms with Crippen LogP contribution in [0.2, 0.25) is 0 Å². The molecule has 0 aliphatic carbocycles. The molecule has 0 saturated carbocycles. The van der Waals surface area contributed by atoms with Crippen molar-refractivity contribution in [3.05, 3.63) is 11.7 Å². The molecule has 1 aliphatic heterocycles. The molecule has 0 spiro atoms. The highest BCUT2D eigenvalue weighted by atomic mass is 16.5. The van der Waals surface area contributed by atoms with E-state index in [0.717, 1.165) is 19.4 Å². The molecule has 1 saturated heterocycles. The summed E-state index contributed by atoms with van der Waals surface area (Å²) < 4.78 is 15.9. The zero-order chi connectivity index (χ0) is 15.2. The van der Waals surface area contributed by atoms with Gasteiger partial charge in [0.25, 0.3) is 0 Å². The molecule has 1 fully saturated rings. The first kappa shape index (κ1) is 15.9. The van der Waals surface area contributed by atoms with Gasteiger partial charge in [0, 0.05) is 19.6 Å². The number of hydrogen-bond acceptors (Lipinski definition) is 6. The predicted molar refractivity (Wildman–Crippen MR) is 74.7 cm³/mol. The second-order valence-corrected chi connectivity index (χ2v) is 5.60.